The molecule has 0 radical (unpaired) electrons. The van der Waals surface area contributed by atoms with Crippen LogP contribution in [0.3, 0.4) is 0 Å². The van der Waals surface area contributed by atoms with Crippen LogP contribution in [0.4, 0.5) is 5.69 Å². The lowest BCUT2D eigenvalue weighted by Crippen LogP contribution is -2.32. The molecule has 4 aromatic rings. The number of hydrogen-bond donors (Lipinski definition) is 3. The van der Waals surface area contributed by atoms with E-state index in [1.54, 1.807) is 42.5 Å². The predicted octanol–water partition coefficient (Wildman–Crippen LogP) is 3.82. The average molecular weight is 416 g/mol. The van der Waals surface area contributed by atoms with Crippen LogP contribution in [-0.4, -0.2) is 25.9 Å². The van der Waals surface area contributed by atoms with Crippen LogP contribution >= 0.6 is 0 Å². The van der Waals surface area contributed by atoms with Crippen molar-refractivity contribution in [2.75, 3.05) is 0 Å². The number of hydrogen-bond acceptors (Lipinski definition) is 5. The molecule has 0 aliphatic carbocycles. The van der Waals surface area contributed by atoms with E-state index < -0.39 is 11.0 Å². The van der Waals surface area contributed by atoms with Gasteiger partial charge in [-0.3, -0.25) is 14.9 Å². The quantitative estimate of drug-likeness (QED) is 0.312. The summed E-state index contributed by atoms with van der Waals surface area (Å²) in [6.07, 6.45) is 0.312. The second-order valence-electron chi connectivity index (χ2n) is 7.19. The Labute approximate surface area is 177 Å². The Kier molecular flexibility index (Phi) is 5.61. The fourth-order valence-electron chi connectivity index (χ4n) is 3.48. The van der Waals surface area contributed by atoms with Crippen molar-refractivity contribution in [3.8, 4) is 5.75 Å². The summed E-state index contributed by atoms with van der Waals surface area (Å²) in [7, 11) is 0. The smallest absolute Gasteiger partial charge is 0.273 e. The van der Waals surface area contributed by atoms with Gasteiger partial charge in [0, 0.05) is 11.6 Å². The van der Waals surface area contributed by atoms with Gasteiger partial charge in [0.15, 0.2) is 0 Å². The van der Waals surface area contributed by atoms with Crippen molar-refractivity contribution in [1.29, 1.82) is 0 Å². The van der Waals surface area contributed by atoms with Gasteiger partial charge in [0.1, 0.15) is 11.6 Å². The number of benzene rings is 3. The highest BCUT2D eigenvalue weighted by molar-refractivity contribution is 5.80. The minimum atomic E-state index is -0.490. The van der Waals surface area contributed by atoms with Crippen LogP contribution in [0, 0.1) is 10.1 Å². The first kappa shape index (κ1) is 20.1. The van der Waals surface area contributed by atoms with Crippen molar-refractivity contribution in [3.63, 3.8) is 0 Å². The van der Waals surface area contributed by atoms with Crippen LogP contribution in [0.5, 0.6) is 5.75 Å². The van der Waals surface area contributed by atoms with Gasteiger partial charge in [-0.15, -0.1) is 0 Å². The summed E-state index contributed by atoms with van der Waals surface area (Å²) in [5.41, 5.74) is 2.78. The fraction of sp³-hybridized carbons (Fsp3) is 0.130. The summed E-state index contributed by atoms with van der Waals surface area (Å²) in [4.78, 5) is 31.4. The largest absolute Gasteiger partial charge is 0.508 e. The number of aromatic hydroxyl groups is 1. The Bertz CT molecular complexity index is 1200. The van der Waals surface area contributed by atoms with Gasteiger partial charge in [0.25, 0.3) is 5.69 Å². The summed E-state index contributed by atoms with van der Waals surface area (Å²) < 4.78 is 0. The molecule has 0 saturated carbocycles. The van der Waals surface area contributed by atoms with Gasteiger partial charge in [0.05, 0.1) is 28.4 Å². The van der Waals surface area contributed by atoms with Crippen LogP contribution in [0.25, 0.3) is 11.0 Å². The van der Waals surface area contributed by atoms with E-state index in [9.17, 15) is 20.0 Å². The van der Waals surface area contributed by atoms with Gasteiger partial charge in [-0.2, -0.15) is 0 Å². The maximum Gasteiger partial charge on any atom is 0.273 e. The number of nitrogens with zero attached hydrogens (tertiary/aromatic N) is 2. The van der Waals surface area contributed by atoms with E-state index in [2.05, 4.69) is 15.3 Å². The van der Waals surface area contributed by atoms with Crippen LogP contribution in [0.1, 0.15) is 23.0 Å². The van der Waals surface area contributed by atoms with Gasteiger partial charge in [-0.05, 0) is 36.2 Å². The molecule has 0 fully saturated rings. The molecule has 4 rings (SSSR count). The molecule has 1 aromatic heterocycles. The molecule has 0 aliphatic rings. The average Bonchev–Trinajstić information content (AvgIpc) is 3.19. The third kappa shape index (κ3) is 4.69. The summed E-state index contributed by atoms with van der Waals surface area (Å²) in [5.74, 6) is 0.396. The Morgan fingerprint density at radius 3 is 2.52 bits per heavy atom. The van der Waals surface area contributed by atoms with E-state index in [0.29, 0.717) is 17.8 Å². The molecular formula is C23H20N4O4. The number of imidazole rings is 1. The lowest BCUT2D eigenvalue weighted by molar-refractivity contribution is -0.385. The first-order chi connectivity index (χ1) is 15.0. The number of nitrogens with one attached hydrogen (secondary N) is 2. The molecule has 3 aromatic carbocycles. The second-order valence-corrected chi connectivity index (χ2v) is 7.19. The summed E-state index contributed by atoms with van der Waals surface area (Å²) in [6, 6.07) is 20.0. The Hall–Kier alpha value is -4.20. The number of rotatable bonds is 7. The molecule has 8 nitrogen and oxygen atoms in total. The molecule has 0 bridgehead atoms. The number of phenols is 1. The maximum atomic E-state index is 12.8. The van der Waals surface area contributed by atoms with E-state index in [1.807, 2.05) is 24.3 Å². The normalized spacial score (nSPS) is 11.9. The van der Waals surface area contributed by atoms with E-state index in [0.717, 1.165) is 16.6 Å². The molecule has 1 heterocycles. The number of fused-ring (bicyclic) bond motifs is 1. The number of carbonyl (C=O) groups excluding carboxylic acids is 1. The van der Waals surface area contributed by atoms with Crippen molar-refractivity contribution in [3.05, 3.63) is 99.9 Å². The minimum Gasteiger partial charge on any atom is -0.508 e. The number of H-pyrrole nitrogens is 1. The molecule has 0 saturated heterocycles. The predicted molar refractivity (Wildman–Crippen MR) is 116 cm³/mol. The topological polar surface area (TPSA) is 121 Å². The number of carbonyl (C=O) groups is 1. The number of nitro benzene ring substituents is 1. The molecule has 31 heavy (non-hydrogen) atoms. The molecule has 1 amide bonds. The monoisotopic (exact) mass is 416 g/mol. The molecule has 156 valence electrons. The highest BCUT2D eigenvalue weighted by Gasteiger charge is 2.21. The summed E-state index contributed by atoms with van der Waals surface area (Å²) in [5, 5.41) is 23.7. The van der Waals surface area contributed by atoms with Crippen LogP contribution in [0.2, 0.25) is 0 Å². The number of phenolic OH excluding ortho intramolecular Hbond substituents is 1. The number of amides is 1. The minimum absolute atomic E-state index is 0.0866. The Balaban J connectivity index is 1.60. The summed E-state index contributed by atoms with van der Waals surface area (Å²) >= 11 is 0. The lowest BCUT2D eigenvalue weighted by atomic mass is 10.0. The molecule has 1 atom stereocenters. The van der Waals surface area contributed by atoms with Crippen molar-refractivity contribution in [1.82, 2.24) is 15.3 Å². The number of aromatic amines is 1. The van der Waals surface area contributed by atoms with Crippen molar-refractivity contribution in [2.24, 2.45) is 0 Å². The number of aromatic nitrogens is 2. The molecule has 3 N–H and O–H groups in total. The van der Waals surface area contributed by atoms with E-state index in [-0.39, 0.29) is 23.8 Å². The van der Waals surface area contributed by atoms with Crippen LogP contribution in [-0.2, 0) is 17.6 Å². The SMILES string of the molecule is O=C(Cc1ccccc1[N+](=O)[O-])N[C@@H](Cc1ccc(O)cc1)c1nc2ccccc2[nH]1. The van der Waals surface area contributed by atoms with Crippen LogP contribution < -0.4 is 5.32 Å². The summed E-state index contributed by atoms with van der Waals surface area (Å²) in [6.45, 7) is 0. The fourth-order valence-corrected chi connectivity index (χ4v) is 3.48. The molecule has 0 aliphatic heterocycles. The Morgan fingerprint density at radius 2 is 1.77 bits per heavy atom. The van der Waals surface area contributed by atoms with Gasteiger partial charge in [-0.25, -0.2) is 4.98 Å². The van der Waals surface area contributed by atoms with Gasteiger partial charge >= 0.3 is 0 Å². The standard InChI is InChI=1S/C23H20N4O4/c28-17-11-9-15(10-12-17)13-20(23-25-18-6-2-3-7-19(18)26-23)24-22(29)14-16-5-1-4-8-21(16)27(30)31/h1-12,20,28H,13-14H2,(H,24,29)(H,25,26)/t20-/m0/s1. The van der Waals surface area contributed by atoms with Crippen molar-refractivity contribution in [2.45, 2.75) is 18.9 Å². The first-order valence-electron chi connectivity index (χ1n) is 9.74. The third-order valence-electron chi connectivity index (χ3n) is 4.99. The molecule has 0 unspecified atom stereocenters. The maximum absolute atomic E-state index is 12.8. The highest BCUT2D eigenvalue weighted by atomic mass is 16.6. The zero-order chi connectivity index (χ0) is 21.8. The lowest BCUT2D eigenvalue weighted by Gasteiger charge is -2.17. The Morgan fingerprint density at radius 1 is 1.06 bits per heavy atom. The van der Waals surface area contributed by atoms with E-state index in [4.69, 9.17) is 0 Å². The van der Waals surface area contributed by atoms with Crippen molar-refractivity contribution >= 4 is 22.6 Å². The first-order valence-corrected chi connectivity index (χ1v) is 9.74. The number of nitro groups is 1. The van der Waals surface area contributed by atoms with E-state index >= 15 is 0 Å². The van der Waals surface area contributed by atoms with Gasteiger partial charge in [-0.1, -0.05) is 42.5 Å². The second kappa shape index (κ2) is 8.66. The van der Waals surface area contributed by atoms with Crippen molar-refractivity contribution < 1.29 is 14.8 Å². The number of para-hydroxylation sites is 3. The van der Waals surface area contributed by atoms with Crippen LogP contribution in [0.15, 0.2) is 72.8 Å². The third-order valence-corrected chi connectivity index (χ3v) is 4.99. The molecule has 8 heteroatoms. The zero-order valence-electron chi connectivity index (χ0n) is 16.5. The highest BCUT2D eigenvalue weighted by Crippen LogP contribution is 2.22. The van der Waals surface area contributed by atoms with Gasteiger partial charge in [0.2, 0.25) is 5.91 Å². The van der Waals surface area contributed by atoms with E-state index in [1.165, 1.54) is 6.07 Å². The van der Waals surface area contributed by atoms with Gasteiger partial charge < -0.3 is 15.4 Å². The zero-order valence-corrected chi connectivity index (χ0v) is 16.5. The molecule has 0 spiro atoms. The molecular weight excluding hydrogens is 396 g/mol.